The van der Waals surface area contributed by atoms with E-state index in [-0.39, 0.29) is 0 Å². The van der Waals surface area contributed by atoms with Gasteiger partial charge in [-0.15, -0.1) is 5.10 Å². The van der Waals surface area contributed by atoms with E-state index >= 15 is 0 Å². The highest BCUT2D eigenvalue weighted by Gasteiger charge is 2.31. The Hall–Kier alpha value is -2.11. The van der Waals surface area contributed by atoms with E-state index in [1.54, 1.807) is 6.07 Å². The predicted octanol–water partition coefficient (Wildman–Crippen LogP) is 2.50. The molecule has 3 rings (SSSR count). The number of benzene rings is 1. The molecule has 0 amide bonds. The summed E-state index contributed by atoms with van der Waals surface area (Å²) in [6.07, 6.45) is 3.60. The molecule has 0 aliphatic heterocycles. The number of rotatable bonds is 2. The van der Waals surface area contributed by atoms with Gasteiger partial charge in [-0.1, -0.05) is 26.7 Å². The second kappa shape index (κ2) is 5.35. The second-order valence-corrected chi connectivity index (χ2v) is 6.13. The average Bonchev–Trinajstić information content (AvgIpc) is 2.91. The summed E-state index contributed by atoms with van der Waals surface area (Å²) < 4.78 is 1.95. The van der Waals surface area contributed by atoms with Crippen LogP contribution in [0.4, 0.5) is 11.4 Å². The van der Waals surface area contributed by atoms with Crippen molar-refractivity contribution in [1.29, 1.82) is 0 Å². The van der Waals surface area contributed by atoms with Gasteiger partial charge in [0.1, 0.15) is 0 Å². The van der Waals surface area contributed by atoms with Crippen LogP contribution in [-0.2, 0) is 0 Å². The van der Waals surface area contributed by atoms with Crippen molar-refractivity contribution in [3.63, 3.8) is 0 Å². The Morgan fingerprint density at radius 1 is 1.19 bits per heavy atom. The Morgan fingerprint density at radius 2 is 2.00 bits per heavy atom. The molecule has 112 valence electrons. The van der Waals surface area contributed by atoms with Crippen molar-refractivity contribution >= 4 is 11.4 Å². The fraction of sp³-hybridized carbons (Fsp3) is 0.533. The van der Waals surface area contributed by atoms with Crippen LogP contribution < -0.4 is 11.5 Å². The van der Waals surface area contributed by atoms with E-state index in [1.807, 2.05) is 16.8 Å². The molecule has 6 nitrogen and oxygen atoms in total. The van der Waals surface area contributed by atoms with E-state index in [4.69, 9.17) is 11.5 Å². The van der Waals surface area contributed by atoms with Crippen molar-refractivity contribution in [3.05, 3.63) is 18.2 Å². The Kier molecular flexibility index (Phi) is 3.53. The molecule has 1 aromatic carbocycles. The molecule has 1 aromatic heterocycles. The fourth-order valence-corrected chi connectivity index (χ4v) is 3.28. The van der Waals surface area contributed by atoms with Gasteiger partial charge in [-0.25, -0.2) is 4.68 Å². The summed E-state index contributed by atoms with van der Waals surface area (Å²) in [5, 5.41) is 12.3. The molecule has 0 radical (unpaired) electrons. The number of aromatic nitrogens is 4. The van der Waals surface area contributed by atoms with Crippen LogP contribution in [0.3, 0.4) is 0 Å². The van der Waals surface area contributed by atoms with E-state index in [0.717, 1.165) is 17.8 Å². The summed E-state index contributed by atoms with van der Waals surface area (Å²) in [6, 6.07) is 5.80. The van der Waals surface area contributed by atoms with Crippen LogP contribution in [0.1, 0.15) is 39.2 Å². The third kappa shape index (κ3) is 2.46. The minimum Gasteiger partial charge on any atom is -0.399 e. The van der Waals surface area contributed by atoms with Crippen molar-refractivity contribution in [2.75, 3.05) is 11.5 Å². The van der Waals surface area contributed by atoms with Gasteiger partial charge in [0.2, 0.25) is 0 Å². The van der Waals surface area contributed by atoms with Crippen LogP contribution >= 0.6 is 0 Å². The smallest absolute Gasteiger partial charge is 0.184 e. The van der Waals surface area contributed by atoms with Gasteiger partial charge in [0.05, 0.1) is 6.04 Å². The van der Waals surface area contributed by atoms with E-state index in [2.05, 4.69) is 29.4 Å². The quantitative estimate of drug-likeness (QED) is 0.827. The molecule has 2 aromatic rings. The maximum atomic E-state index is 6.08. The lowest BCUT2D eigenvalue weighted by Crippen LogP contribution is -2.28. The third-order valence-electron chi connectivity index (χ3n) is 4.79. The molecule has 6 heteroatoms. The molecule has 0 bridgehead atoms. The van der Waals surface area contributed by atoms with Crippen molar-refractivity contribution in [2.24, 2.45) is 11.8 Å². The van der Waals surface area contributed by atoms with Gasteiger partial charge in [0, 0.05) is 16.9 Å². The summed E-state index contributed by atoms with van der Waals surface area (Å²) in [5.41, 5.74) is 14.0. The number of tetrazole rings is 1. The lowest BCUT2D eigenvalue weighted by atomic mass is 9.78. The Morgan fingerprint density at radius 3 is 2.76 bits per heavy atom. The van der Waals surface area contributed by atoms with Gasteiger partial charge in [-0.3, -0.25) is 0 Å². The number of hydrogen-bond acceptors (Lipinski definition) is 5. The lowest BCUT2D eigenvalue weighted by molar-refractivity contribution is 0.174. The van der Waals surface area contributed by atoms with Gasteiger partial charge in [-0.05, 0) is 46.9 Å². The number of anilines is 2. The van der Waals surface area contributed by atoms with Gasteiger partial charge in [-0.2, -0.15) is 0 Å². The summed E-state index contributed by atoms with van der Waals surface area (Å²) in [7, 11) is 0. The Balaban J connectivity index is 2.01. The van der Waals surface area contributed by atoms with Crippen LogP contribution in [0, 0.1) is 11.8 Å². The van der Waals surface area contributed by atoms with Crippen LogP contribution in [0.15, 0.2) is 18.2 Å². The molecule has 1 saturated carbocycles. The highest BCUT2D eigenvalue weighted by atomic mass is 15.6. The SMILES string of the molecule is CC1CCCC(n2nnnc2-c2ccc(N)cc2N)C1C. The zero-order chi connectivity index (χ0) is 15.0. The van der Waals surface area contributed by atoms with Crippen molar-refractivity contribution in [1.82, 2.24) is 20.2 Å². The predicted molar refractivity (Wildman–Crippen MR) is 83.3 cm³/mol. The van der Waals surface area contributed by atoms with Gasteiger partial charge >= 0.3 is 0 Å². The first kappa shape index (κ1) is 13.9. The first-order chi connectivity index (χ1) is 10.1. The molecule has 3 atom stereocenters. The first-order valence-corrected chi connectivity index (χ1v) is 7.51. The topological polar surface area (TPSA) is 95.6 Å². The third-order valence-corrected chi connectivity index (χ3v) is 4.79. The van der Waals surface area contributed by atoms with Crippen LogP contribution in [-0.4, -0.2) is 20.2 Å². The standard InChI is InChI=1S/C15H22N6/c1-9-4-3-5-14(10(9)2)21-15(18-19-20-21)12-7-6-11(16)8-13(12)17/h6-10,14H,3-5,16-17H2,1-2H3. The van der Waals surface area contributed by atoms with Crippen molar-refractivity contribution in [2.45, 2.75) is 39.2 Å². The highest BCUT2D eigenvalue weighted by molar-refractivity contribution is 5.74. The summed E-state index contributed by atoms with van der Waals surface area (Å²) in [6.45, 7) is 4.59. The van der Waals surface area contributed by atoms with Crippen molar-refractivity contribution < 1.29 is 0 Å². The number of nitrogen functional groups attached to an aromatic ring is 2. The maximum Gasteiger partial charge on any atom is 0.184 e. The van der Waals surface area contributed by atoms with E-state index < -0.39 is 0 Å². The normalized spacial score (nSPS) is 25.9. The zero-order valence-corrected chi connectivity index (χ0v) is 12.5. The molecule has 0 saturated heterocycles. The monoisotopic (exact) mass is 286 g/mol. The lowest BCUT2D eigenvalue weighted by Gasteiger charge is -2.34. The maximum absolute atomic E-state index is 6.08. The largest absolute Gasteiger partial charge is 0.399 e. The minimum atomic E-state index is 0.329. The van der Waals surface area contributed by atoms with Crippen LogP contribution in [0.5, 0.6) is 0 Å². The molecular weight excluding hydrogens is 264 g/mol. The minimum absolute atomic E-state index is 0.329. The number of hydrogen-bond donors (Lipinski definition) is 2. The average molecular weight is 286 g/mol. The molecule has 1 aliphatic rings. The number of nitrogens with two attached hydrogens (primary N) is 2. The number of nitrogens with zero attached hydrogens (tertiary/aromatic N) is 4. The Bertz CT molecular complexity index is 635. The summed E-state index contributed by atoms with van der Waals surface area (Å²) >= 11 is 0. The molecule has 1 aliphatic carbocycles. The van der Waals surface area contributed by atoms with Crippen LogP contribution in [0.25, 0.3) is 11.4 Å². The molecule has 4 N–H and O–H groups in total. The zero-order valence-electron chi connectivity index (χ0n) is 12.5. The van der Waals surface area contributed by atoms with E-state index in [1.165, 1.54) is 12.8 Å². The van der Waals surface area contributed by atoms with Gasteiger partial charge in [0.25, 0.3) is 0 Å². The first-order valence-electron chi connectivity index (χ1n) is 7.51. The molecule has 1 fully saturated rings. The van der Waals surface area contributed by atoms with E-state index in [9.17, 15) is 0 Å². The van der Waals surface area contributed by atoms with Gasteiger partial charge in [0.15, 0.2) is 5.82 Å². The molecular formula is C15H22N6. The fourth-order valence-electron chi connectivity index (χ4n) is 3.28. The van der Waals surface area contributed by atoms with Crippen molar-refractivity contribution in [3.8, 4) is 11.4 Å². The Labute approximate surface area is 124 Å². The summed E-state index contributed by atoms with van der Waals surface area (Å²) in [5.74, 6) is 1.97. The molecule has 1 heterocycles. The highest BCUT2D eigenvalue weighted by Crippen LogP contribution is 2.39. The second-order valence-electron chi connectivity index (χ2n) is 6.13. The molecule has 3 unspecified atom stereocenters. The molecule has 21 heavy (non-hydrogen) atoms. The van der Waals surface area contributed by atoms with E-state index in [0.29, 0.717) is 29.3 Å². The summed E-state index contributed by atoms with van der Waals surface area (Å²) in [4.78, 5) is 0. The molecule has 0 spiro atoms. The van der Waals surface area contributed by atoms with Crippen LogP contribution in [0.2, 0.25) is 0 Å². The van der Waals surface area contributed by atoms with Gasteiger partial charge < -0.3 is 11.5 Å².